The first-order chi connectivity index (χ1) is 6.97. The zero-order valence-electron chi connectivity index (χ0n) is 8.46. The number of hydrogen-bond donors (Lipinski definition) is 1. The van der Waals surface area contributed by atoms with Gasteiger partial charge in [0.15, 0.2) is 0 Å². The first-order valence-electron chi connectivity index (χ1n) is 4.67. The Bertz CT molecular complexity index is 385. The standard InChI is InChI=1S/C10H14O4S/c1-9(14-15(11,12)13)7-8-10-5-3-2-4-6-10/h2-6,9H,7-8H2,1H3,(H,11,12,13)/t9-/m1/s1. The Hall–Kier alpha value is -0.910. The molecule has 0 aliphatic heterocycles. The van der Waals surface area contributed by atoms with Crippen LogP contribution >= 0.6 is 0 Å². The maximum atomic E-state index is 10.4. The van der Waals surface area contributed by atoms with Crippen molar-refractivity contribution in [3.05, 3.63) is 35.9 Å². The quantitative estimate of drug-likeness (QED) is 0.784. The predicted molar refractivity (Wildman–Crippen MR) is 56.9 cm³/mol. The van der Waals surface area contributed by atoms with Crippen molar-refractivity contribution in [2.75, 3.05) is 0 Å². The first kappa shape index (κ1) is 12.2. The molecule has 0 saturated heterocycles. The van der Waals surface area contributed by atoms with Gasteiger partial charge in [0.2, 0.25) is 0 Å². The lowest BCUT2D eigenvalue weighted by molar-refractivity contribution is 0.189. The molecule has 0 spiro atoms. The molecule has 84 valence electrons. The molecule has 0 radical (unpaired) electrons. The Kier molecular flexibility index (Phi) is 4.26. The van der Waals surface area contributed by atoms with Gasteiger partial charge < -0.3 is 0 Å². The van der Waals surface area contributed by atoms with Gasteiger partial charge in [0.1, 0.15) is 0 Å². The summed E-state index contributed by atoms with van der Waals surface area (Å²) < 4.78 is 33.6. The number of aryl methyl sites for hydroxylation is 1. The molecule has 0 unspecified atom stereocenters. The van der Waals surface area contributed by atoms with E-state index in [1.165, 1.54) is 0 Å². The molecule has 1 rings (SSSR count). The summed E-state index contributed by atoms with van der Waals surface area (Å²) in [6, 6.07) is 9.68. The van der Waals surface area contributed by atoms with Crippen LogP contribution in [-0.4, -0.2) is 19.1 Å². The summed E-state index contributed by atoms with van der Waals surface area (Å²) in [5, 5.41) is 0. The van der Waals surface area contributed by atoms with E-state index in [1.54, 1.807) is 6.92 Å². The van der Waals surface area contributed by atoms with E-state index in [0.29, 0.717) is 6.42 Å². The number of benzene rings is 1. The fourth-order valence-electron chi connectivity index (χ4n) is 1.27. The monoisotopic (exact) mass is 230 g/mol. The van der Waals surface area contributed by atoms with Crippen molar-refractivity contribution in [1.29, 1.82) is 0 Å². The fourth-order valence-corrected chi connectivity index (χ4v) is 1.78. The molecule has 0 aliphatic carbocycles. The van der Waals surface area contributed by atoms with Crippen molar-refractivity contribution in [3.8, 4) is 0 Å². The van der Waals surface area contributed by atoms with E-state index in [-0.39, 0.29) is 0 Å². The van der Waals surface area contributed by atoms with Gasteiger partial charge in [-0.05, 0) is 25.3 Å². The molecule has 0 fully saturated rings. The first-order valence-corrected chi connectivity index (χ1v) is 6.03. The highest BCUT2D eigenvalue weighted by atomic mass is 32.3. The maximum absolute atomic E-state index is 10.4. The average molecular weight is 230 g/mol. The van der Waals surface area contributed by atoms with Crippen LogP contribution in [0.1, 0.15) is 18.9 Å². The maximum Gasteiger partial charge on any atom is 0.397 e. The molecule has 0 bridgehead atoms. The summed E-state index contributed by atoms with van der Waals surface area (Å²) in [6.45, 7) is 1.61. The van der Waals surface area contributed by atoms with Gasteiger partial charge in [-0.25, -0.2) is 4.18 Å². The smallest absolute Gasteiger partial charge is 0.264 e. The molecule has 0 saturated carbocycles. The van der Waals surface area contributed by atoms with Gasteiger partial charge in [0.05, 0.1) is 6.10 Å². The predicted octanol–water partition coefficient (Wildman–Crippen LogP) is 1.83. The summed E-state index contributed by atoms with van der Waals surface area (Å²) in [6.07, 6.45) is 0.752. The minimum absolute atomic E-state index is 0.514. The molecule has 0 aliphatic rings. The summed E-state index contributed by atoms with van der Waals surface area (Å²) >= 11 is 0. The van der Waals surface area contributed by atoms with Crippen LogP contribution in [0.5, 0.6) is 0 Å². The van der Waals surface area contributed by atoms with Crippen LogP contribution in [0.4, 0.5) is 0 Å². The molecular formula is C10H14O4S. The Morgan fingerprint density at radius 3 is 2.47 bits per heavy atom. The molecule has 4 nitrogen and oxygen atoms in total. The second kappa shape index (κ2) is 5.25. The van der Waals surface area contributed by atoms with Crippen LogP contribution in [-0.2, 0) is 21.0 Å². The molecule has 0 aromatic heterocycles. The van der Waals surface area contributed by atoms with Gasteiger partial charge >= 0.3 is 10.4 Å². The number of hydrogen-bond acceptors (Lipinski definition) is 3. The van der Waals surface area contributed by atoms with Crippen molar-refractivity contribution in [3.63, 3.8) is 0 Å². The second-order valence-electron chi connectivity index (χ2n) is 3.36. The molecule has 0 heterocycles. The largest absolute Gasteiger partial charge is 0.397 e. The van der Waals surface area contributed by atoms with E-state index in [4.69, 9.17) is 4.55 Å². The molecule has 1 aromatic rings. The van der Waals surface area contributed by atoms with Gasteiger partial charge in [-0.1, -0.05) is 30.3 Å². The summed E-state index contributed by atoms with van der Waals surface area (Å²) in [7, 11) is -4.33. The fraction of sp³-hybridized carbons (Fsp3) is 0.400. The lowest BCUT2D eigenvalue weighted by Crippen LogP contribution is -2.15. The van der Waals surface area contributed by atoms with Crippen LogP contribution in [0, 0.1) is 0 Å². The molecule has 15 heavy (non-hydrogen) atoms. The van der Waals surface area contributed by atoms with Crippen LogP contribution in [0.25, 0.3) is 0 Å². The Balaban J connectivity index is 2.38. The molecular weight excluding hydrogens is 216 g/mol. The van der Waals surface area contributed by atoms with Crippen LogP contribution in [0.2, 0.25) is 0 Å². The third-order valence-electron chi connectivity index (χ3n) is 1.97. The van der Waals surface area contributed by atoms with Gasteiger partial charge in [0, 0.05) is 0 Å². The summed E-state index contributed by atoms with van der Waals surface area (Å²) in [5.74, 6) is 0. The van der Waals surface area contributed by atoms with Crippen molar-refractivity contribution in [2.24, 2.45) is 0 Å². The summed E-state index contributed by atoms with van der Waals surface area (Å²) in [4.78, 5) is 0. The highest BCUT2D eigenvalue weighted by molar-refractivity contribution is 7.80. The lowest BCUT2D eigenvalue weighted by Gasteiger charge is -2.09. The zero-order valence-corrected chi connectivity index (χ0v) is 9.28. The average Bonchev–Trinajstić information content (AvgIpc) is 2.14. The Labute approximate surface area is 89.8 Å². The summed E-state index contributed by atoms with van der Waals surface area (Å²) in [5.41, 5.74) is 1.11. The van der Waals surface area contributed by atoms with E-state index in [2.05, 4.69) is 4.18 Å². The van der Waals surface area contributed by atoms with Crippen molar-refractivity contribution in [2.45, 2.75) is 25.9 Å². The van der Waals surface area contributed by atoms with Crippen molar-refractivity contribution in [1.82, 2.24) is 0 Å². The minimum atomic E-state index is -4.33. The normalized spacial score (nSPS) is 13.7. The molecule has 1 N–H and O–H groups in total. The topological polar surface area (TPSA) is 63.6 Å². The van der Waals surface area contributed by atoms with E-state index < -0.39 is 16.5 Å². The molecule has 1 aromatic carbocycles. The van der Waals surface area contributed by atoms with E-state index >= 15 is 0 Å². The zero-order chi connectivity index (χ0) is 11.3. The SMILES string of the molecule is C[C@H](CCc1ccccc1)OS(=O)(=O)O. The van der Waals surface area contributed by atoms with Gasteiger partial charge in [-0.3, -0.25) is 4.55 Å². The van der Waals surface area contributed by atoms with Crippen molar-refractivity contribution < 1.29 is 17.2 Å². The Morgan fingerprint density at radius 1 is 1.33 bits per heavy atom. The second-order valence-corrected chi connectivity index (χ2v) is 4.41. The molecule has 1 atom stereocenters. The number of rotatable bonds is 5. The van der Waals surface area contributed by atoms with Crippen molar-refractivity contribution >= 4 is 10.4 Å². The lowest BCUT2D eigenvalue weighted by atomic mass is 10.1. The van der Waals surface area contributed by atoms with Gasteiger partial charge in [0.25, 0.3) is 0 Å². The van der Waals surface area contributed by atoms with E-state index in [9.17, 15) is 8.42 Å². The van der Waals surface area contributed by atoms with Crippen LogP contribution in [0.15, 0.2) is 30.3 Å². The molecule has 5 heteroatoms. The van der Waals surface area contributed by atoms with Crippen LogP contribution in [0.3, 0.4) is 0 Å². The Morgan fingerprint density at radius 2 is 1.93 bits per heavy atom. The highest BCUT2D eigenvalue weighted by Crippen LogP contribution is 2.08. The minimum Gasteiger partial charge on any atom is -0.264 e. The van der Waals surface area contributed by atoms with Crippen LogP contribution < -0.4 is 0 Å². The molecule has 0 amide bonds. The third-order valence-corrected chi connectivity index (χ3v) is 2.54. The highest BCUT2D eigenvalue weighted by Gasteiger charge is 2.11. The van der Waals surface area contributed by atoms with E-state index in [1.807, 2.05) is 30.3 Å². The van der Waals surface area contributed by atoms with Gasteiger partial charge in [-0.2, -0.15) is 8.42 Å². The van der Waals surface area contributed by atoms with Gasteiger partial charge in [-0.15, -0.1) is 0 Å². The third kappa shape index (κ3) is 5.51. The van der Waals surface area contributed by atoms with E-state index in [0.717, 1.165) is 12.0 Å².